The van der Waals surface area contributed by atoms with Crippen molar-refractivity contribution < 1.29 is 4.39 Å². The summed E-state index contributed by atoms with van der Waals surface area (Å²) in [5.41, 5.74) is 6.77. The first-order valence-corrected chi connectivity index (χ1v) is 7.65. The Morgan fingerprint density at radius 1 is 1.30 bits per heavy atom. The van der Waals surface area contributed by atoms with E-state index in [2.05, 4.69) is 4.98 Å². The van der Waals surface area contributed by atoms with Crippen molar-refractivity contribution in [1.29, 1.82) is 0 Å². The van der Waals surface area contributed by atoms with Crippen molar-refractivity contribution in [3.05, 3.63) is 59.0 Å². The Morgan fingerprint density at radius 2 is 2.05 bits per heavy atom. The third kappa shape index (κ3) is 3.72. The summed E-state index contributed by atoms with van der Waals surface area (Å²) in [5, 5.41) is 1.19. The molecule has 20 heavy (non-hydrogen) atoms. The molecule has 0 aliphatic rings. The fourth-order valence-corrected chi connectivity index (χ4v) is 3.18. The number of halogens is 2. The highest BCUT2D eigenvalue weighted by Gasteiger charge is 2.23. The monoisotopic (exact) mass is 310 g/mol. The molecule has 0 bridgehead atoms. The normalized spacial score (nSPS) is 14.0. The number of benzene rings is 1. The quantitative estimate of drug-likeness (QED) is 0.830. The first-order chi connectivity index (χ1) is 9.61. The summed E-state index contributed by atoms with van der Waals surface area (Å²) < 4.78 is 14.0. The van der Waals surface area contributed by atoms with E-state index in [-0.39, 0.29) is 17.1 Å². The largest absolute Gasteiger partial charge is 0.326 e. The Bertz CT molecular complexity index is 562. The van der Waals surface area contributed by atoms with Gasteiger partial charge in [-0.05, 0) is 24.6 Å². The summed E-state index contributed by atoms with van der Waals surface area (Å²) in [7, 11) is 0. The molecule has 0 saturated heterocycles. The Hall–Kier alpha value is -1.10. The van der Waals surface area contributed by atoms with Crippen molar-refractivity contribution in [3.8, 4) is 0 Å². The van der Waals surface area contributed by atoms with Crippen LogP contribution < -0.4 is 5.73 Å². The third-order valence-electron chi connectivity index (χ3n) is 3.02. The molecule has 0 fully saturated rings. The number of nitrogens with two attached hydrogens (primary N) is 1. The highest BCUT2D eigenvalue weighted by atomic mass is 35.5. The lowest BCUT2D eigenvalue weighted by atomic mass is 10.0. The Morgan fingerprint density at radius 3 is 2.65 bits per heavy atom. The van der Waals surface area contributed by atoms with Crippen molar-refractivity contribution in [2.45, 2.75) is 29.7 Å². The summed E-state index contributed by atoms with van der Waals surface area (Å²) in [6, 6.07) is 10.2. The molecule has 106 valence electrons. The molecule has 1 heterocycles. The van der Waals surface area contributed by atoms with Crippen molar-refractivity contribution >= 4 is 23.4 Å². The van der Waals surface area contributed by atoms with Gasteiger partial charge in [0.15, 0.2) is 0 Å². The average molecular weight is 311 g/mol. The Kier molecular flexibility index (Phi) is 5.40. The molecule has 5 heteroatoms. The van der Waals surface area contributed by atoms with Crippen LogP contribution in [0.2, 0.25) is 5.02 Å². The van der Waals surface area contributed by atoms with E-state index in [0.29, 0.717) is 10.6 Å². The summed E-state index contributed by atoms with van der Waals surface area (Å²) in [6.45, 7) is 1.99. The molecule has 1 aromatic heterocycles. The lowest BCUT2D eigenvalue weighted by molar-refractivity contribution is 0.572. The van der Waals surface area contributed by atoms with E-state index in [0.717, 1.165) is 11.4 Å². The number of nitrogens with zero attached hydrogens (tertiary/aromatic N) is 1. The highest BCUT2D eigenvalue weighted by Crippen LogP contribution is 2.38. The zero-order chi connectivity index (χ0) is 14.5. The van der Waals surface area contributed by atoms with Crippen LogP contribution in [0.4, 0.5) is 4.39 Å². The second-order valence-electron chi connectivity index (χ2n) is 4.45. The van der Waals surface area contributed by atoms with E-state index in [1.54, 1.807) is 24.4 Å². The first-order valence-electron chi connectivity index (χ1n) is 6.40. The predicted octanol–water partition coefficient (Wildman–Crippen LogP) is 4.44. The number of aromatic nitrogens is 1. The van der Waals surface area contributed by atoms with E-state index in [9.17, 15) is 4.39 Å². The lowest BCUT2D eigenvalue weighted by Crippen LogP contribution is -2.26. The molecular weight excluding hydrogens is 295 g/mol. The predicted molar refractivity (Wildman–Crippen MR) is 82.5 cm³/mol. The lowest BCUT2D eigenvalue weighted by Gasteiger charge is -2.23. The molecule has 0 aliphatic heterocycles. The number of thioether (sulfide) groups is 1. The maximum absolute atomic E-state index is 14.0. The van der Waals surface area contributed by atoms with E-state index in [4.69, 9.17) is 17.3 Å². The minimum absolute atomic E-state index is 0.144. The molecule has 2 unspecified atom stereocenters. The highest BCUT2D eigenvalue weighted by molar-refractivity contribution is 7.99. The van der Waals surface area contributed by atoms with Crippen LogP contribution in [0.1, 0.15) is 24.2 Å². The molecule has 2 aromatic rings. The molecule has 0 spiro atoms. The Labute approximate surface area is 127 Å². The fourth-order valence-electron chi connectivity index (χ4n) is 1.86. The molecular formula is C15H16ClFN2S. The average Bonchev–Trinajstić information content (AvgIpc) is 2.47. The van der Waals surface area contributed by atoms with Crippen LogP contribution >= 0.6 is 23.4 Å². The van der Waals surface area contributed by atoms with Gasteiger partial charge in [-0.15, -0.1) is 0 Å². The summed E-state index contributed by atoms with van der Waals surface area (Å²) in [4.78, 5) is 4.24. The van der Waals surface area contributed by atoms with Gasteiger partial charge in [-0.2, -0.15) is 0 Å². The van der Waals surface area contributed by atoms with Gasteiger partial charge in [-0.3, -0.25) is 0 Å². The molecule has 0 aliphatic carbocycles. The van der Waals surface area contributed by atoms with Crippen LogP contribution in [-0.2, 0) is 0 Å². The van der Waals surface area contributed by atoms with Gasteiger partial charge in [0.2, 0.25) is 0 Å². The molecule has 0 saturated carbocycles. The van der Waals surface area contributed by atoms with Gasteiger partial charge in [0.1, 0.15) is 5.82 Å². The van der Waals surface area contributed by atoms with Gasteiger partial charge in [-0.1, -0.05) is 48.5 Å². The van der Waals surface area contributed by atoms with Crippen LogP contribution in [0.25, 0.3) is 0 Å². The van der Waals surface area contributed by atoms with Gasteiger partial charge < -0.3 is 5.73 Å². The summed E-state index contributed by atoms with van der Waals surface area (Å²) >= 11 is 7.29. The molecule has 2 rings (SSSR count). The van der Waals surface area contributed by atoms with E-state index in [1.807, 2.05) is 19.1 Å². The van der Waals surface area contributed by atoms with Crippen LogP contribution in [0.5, 0.6) is 0 Å². The number of hydrogen-bond acceptors (Lipinski definition) is 3. The van der Waals surface area contributed by atoms with Crippen LogP contribution in [-0.4, -0.2) is 11.0 Å². The summed E-state index contributed by atoms with van der Waals surface area (Å²) in [5.74, 6) is -0.233. The molecule has 1 aromatic carbocycles. The SMILES string of the molecule is CCC(N)C(Sc1ccc(Cl)cn1)c1ccccc1F. The smallest absolute Gasteiger partial charge is 0.127 e. The van der Waals surface area contributed by atoms with Crippen LogP contribution in [0.15, 0.2) is 47.6 Å². The number of rotatable bonds is 5. The zero-order valence-corrected chi connectivity index (χ0v) is 12.7. The van der Waals surface area contributed by atoms with Gasteiger partial charge in [-0.25, -0.2) is 9.37 Å². The standard InChI is InChI=1S/C15H16ClFN2S/c1-2-13(18)15(11-5-3-4-6-12(11)17)20-14-8-7-10(16)9-19-14/h3-9,13,15H,2,18H2,1H3. The van der Waals surface area contributed by atoms with Gasteiger partial charge >= 0.3 is 0 Å². The van der Waals surface area contributed by atoms with Gasteiger partial charge in [0, 0.05) is 17.8 Å². The minimum atomic E-state index is -0.233. The molecule has 0 amide bonds. The van der Waals surface area contributed by atoms with Crippen molar-refractivity contribution in [1.82, 2.24) is 4.98 Å². The maximum atomic E-state index is 14.0. The maximum Gasteiger partial charge on any atom is 0.127 e. The molecule has 2 nitrogen and oxygen atoms in total. The van der Waals surface area contributed by atoms with Crippen molar-refractivity contribution in [3.63, 3.8) is 0 Å². The number of hydrogen-bond donors (Lipinski definition) is 1. The van der Waals surface area contributed by atoms with Crippen LogP contribution in [0, 0.1) is 5.82 Å². The zero-order valence-electron chi connectivity index (χ0n) is 11.1. The molecule has 0 radical (unpaired) electrons. The van der Waals surface area contributed by atoms with Gasteiger partial charge in [0.25, 0.3) is 0 Å². The van der Waals surface area contributed by atoms with Crippen molar-refractivity contribution in [2.24, 2.45) is 5.73 Å². The molecule has 2 atom stereocenters. The molecule has 2 N–H and O–H groups in total. The fraction of sp³-hybridized carbons (Fsp3) is 0.267. The van der Waals surface area contributed by atoms with Gasteiger partial charge in [0.05, 0.1) is 15.3 Å². The van der Waals surface area contributed by atoms with Crippen LogP contribution in [0.3, 0.4) is 0 Å². The van der Waals surface area contributed by atoms with E-state index < -0.39 is 0 Å². The topological polar surface area (TPSA) is 38.9 Å². The number of pyridine rings is 1. The minimum Gasteiger partial charge on any atom is -0.326 e. The van der Waals surface area contributed by atoms with Crippen molar-refractivity contribution in [2.75, 3.05) is 0 Å². The third-order valence-corrected chi connectivity index (χ3v) is 4.58. The first kappa shape index (κ1) is 15.3. The Balaban J connectivity index is 2.29. The second kappa shape index (κ2) is 7.07. The van der Waals surface area contributed by atoms with E-state index >= 15 is 0 Å². The second-order valence-corrected chi connectivity index (χ2v) is 6.05. The summed E-state index contributed by atoms with van der Waals surface area (Å²) in [6.07, 6.45) is 2.35. The van der Waals surface area contributed by atoms with E-state index in [1.165, 1.54) is 17.8 Å².